The Morgan fingerprint density at radius 1 is 1.17 bits per heavy atom. The van der Waals surface area contributed by atoms with Gasteiger partial charge >= 0.3 is 0 Å². The van der Waals surface area contributed by atoms with E-state index >= 15 is 0 Å². The number of nitrogens with two attached hydrogens (primary N) is 1. The highest BCUT2D eigenvalue weighted by atomic mass is 32.2. The van der Waals surface area contributed by atoms with Crippen molar-refractivity contribution in [2.45, 2.75) is 22.8 Å². The van der Waals surface area contributed by atoms with Crippen LogP contribution in [-0.4, -0.2) is 24.5 Å². The lowest BCUT2D eigenvalue weighted by atomic mass is 10.3. The number of sulfone groups is 1. The Balaban J connectivity index is 2.17. The molecule has 0 aliphatic carbocycles. The summed E-state index contributed by atoms with van der Waals surface area (Å²) in [6.07, 6.45) is 3.86. The Kier molecular flexibility index (Phi) is 4.14. The second kappa shape index (κ2) is 6.10. The summed E-state index contributed by atoms with van der Waals surface area (Å²) in [6, 6.07) is 8.37. The minimum Gasteiger partial charge on any atom is -0.345 e. The van der Waals surface area contributed by atoms with Crippen LogP contribution >= 0.6 is 0 Å². The largest absolute Gasteiger partial charge is 0.345 e. The Labute approximate surface area is 133 Å². The molecule has 0 saturated heterocycles. The van der Waals surface area contributed by atoms with Crippen LogP contribution in [-0.2, 0) is 16.4 Å². The predicted octanol–water partition coefficient (Wildman–Crippen LogP) is 2.36. The Morgan fingerprint density at radius 2 is 1.91 bits per heavy atom. The second-order valence-electron chi connectivity index (χ2n) is 5.16. The van der Waals surface area contributed by atoms with Gasteiger partial charge in [-0.25, -0.2) is 12.8 Å². The van der Waals surface area contributed by atoms with Gasteiger partial charge in [-0.05, 0) is 49.4 Å². The van der Waals surface area contributed by atoms with Crippen LogP contribution in [0.25, 0.3) is 11.0 Å². The monoisotopic (exact) mass is 333 g/mol. The van der Waals surface area contributed by atoms with Crippen molar-refractivity contribution in [1.29, 1.82) is 0 Å². The van der Waals surface area contributed by atoms with Gasteiger partial charge in [0, 0.05) is 18.9 Å². The maximum Gasteiger partial charge on any atom is 0.210 e. The first-order chi connectivity index (χ1) is 11.0. The average Bonchev–Trinajstić information content (AvgIpc) is 2.93. The number of rotatable bonds is 5. The third-order valence-electron chi connectivity index (χ3n) is 3.62. The van der Waals surface area contributed by atoms with Gasteiger partial charge in [-0.3, -0.25) is 4.98 Å². The van der Waals surface area contributed by atoms with E-state index in [0.29, 0.717) is 18.6 Å². The van der Waals surface area contributed by atoms with E-state index in [1.54, 1.807) is 18.5 Å². The molecule has 2 N–H and O–H groups in total. The normalized spacial score (nSPS) is 11.9. The van der Waals surface area contributed by atoms with Crippen molar-refractivity contribution in [2.75, 3.05) is 6.54 Å². The SMILES string of the molecule is NCCCn1cc(S(=O)(=O)c2ccc(F)cc2)c2ncccc21. The summed E-state index contributed by atoms with van der Waals surface area (Å²) in [5.41, 5.74) is 6.68. The van der Waals surface area contributed by atoms with Crippen molar-refractivity contribution in [2.24, 2.45) is 5.73 Å². The number of hydrogen-bond acceptors (Lipinski definition) is 4. The summed E-state index contributed by atoms with van der Waals surface area (Å²) >= 11 is 0. The van der Waals surface area contributed by atoms with Gasteiger partial charge in [-0.1, -0.05) is 0 Å². The molecular weight excluding hydrogens is 317 g/mol. The molecule has 0 spiro atoms. The average molecular weight is 333 g/mol. The zero-order chi connectivity index (χ0) is 16.4. The molecule has 2 heterocycles. The lowest BCUT2D eigenvalue weighted by molar-refractivity contribution is 0.594. The molecule has 0 aliphatic rings. The first-order valence-electron chi connectivity index (χ1n) is 7.18. The van der Waals surface area contributed by atoms with E-state index in [0.717, 1.165) is 24.1 Å². The molecule has 3 aromatic rings. The molecule has 0 fully saturated rings. The van der Waals surface area contributed by atoms with Crippen LogP contribution in [0.5, 0.6) is 0 Å². The van der Waals surface area contributed by atoms with E-state index < -0.39 is 15.7 Å². The van der Waals surface area contributed by atoms with E-state index in [9.17, 15) is 12.8 Å². The second-order valence-corrected chi connectivity index (χ2v) is 7.08. The molecule has 0 atom stereocenters. The fourth-order valence-corrected chi connectivity index (χ4v) is 3.90. The fourth-order valence-electron chi connectivity index (χ4n) is 2.47. The van der Waals surface area contributed by atoms with Crippen molar-refractivity contribution in [3.8, 4) is 0 Å². The van der Waals surface area contributed by atoms with Gasteiger partial charge in [0.15, 0.2) is 0 Å². The van der Waals surface area contributed by atoms with E-state index in [1.807, 2.05) is 10.6 Å². The lowest BCUT2D eigenvalue weighted by Gasteiger charge is -2.03. The number of aryl methyl sites for hydroxylation is 1. The van der Waals surface area contributed by atoms with Crippen molar-refractivity contribution in [3.05, 3.63) is 54.6 Å². The first kappa shape index (κ1) is 15.6. The summed E-state index contributed by atoms with van der Waals surface area (Å²) in [6.45, 7) is 1.12. The molecule has 0 radical (unpaired) electrons. The predicted molar refractivity (Wildman–Crippen MR) is 85.3 cm³/mol. The standard InChI is InChI=1S/C16H16FN3O2S/c17-12-4-6-13(7-5-12)23(21,22)15-11-20(10-2-8-18)14-3-1-9-19-16(14)15/h1,3-7,9,11H,2,8,10,18H2. The van der Waals surface area contributed by atoms with Crippen LogP contribution in [0.2, 0.25) is 0 Å². The summed E-state index contributed by atoms with van der Waals surface area (Å²) in [5.74, 6) is -0.479. The summed E-state index contributed by atoms with van der Waals surface area (Å²) in [5, 5.41) is 0. The Hall–Kier alpha value is -2.25. The molecule has 0 amide bonds. The van der Waals surface area contributed by atoms with E-state index in [1.165, 1.54) is 12.1 Å². The van der Waals surface area contributed by atoms with Crippen LogP contribution in [0.4, 0.5) is 4.39 Å². The van der Waals surface area contributed by atoms with Crippen LogP contribution < -0.4 is 5.73 Å². The van der Waals surface area contributed by atoms with Crippen molar-refractivity contribution in [3.63, 3.8) is 0 Å². The topological polar surface area (TPSA) is 78.0 Å². The molecule has 23 heavy (non-hydrogen) atoms. The van der Waals surface area contributed by atoms with Gasteiger partial charge in [-0.2, -0.15) is 0 Å². The van der Waals surface area contributed by atoms with Crippen molar-refractivity contribution in [1.82, 2.24) is 9.55 Å². The number of benzene rings is 1. The van der Waals surface area contributed by atoms with Crippen molar-refractivity contribution >= 4 is 20.9 Å². The van der Waals surface area contributed by atoms with Crippen molar-refractivity contribution < 1.29 is 12.8 Å². The highest BCUT2D eigenvalue weighted by molar-refractivity contribution is 7.91. The van der Waals surface area contributed by atoms with Crippen LogP contribution in [0.15, 0.2) is 58.6 Å². The molecular formula is C16H16FN3O2S. The first-order valence-corrected chi connectivity index (χ1v) is 8.67. The van der Waals surface area contributed by atoms with Gasteiger partial charge in [0.2, 0.25) is 9.84 Å². The maximum atomic E-state index is 13.1. The molecule has 0 saturated carbocycles. The molecule has 5 nitrogen and oxygen atoms in total. The van der Waals surface area contributed by atoms with Gasteiger partial charge in [0.25, 0.3) is 0 Å². The molecule has 7 heteroatoms. The number of aromatic nitrogens is 2. The lowest BCUT2D eigenvalue weighted by Crippen LogP contribution is -2.05. The Bertz CT molecular complexity index is 934. The number of halogens is 1. The van der Waals surface area contributed by atoms with Crippen LogP contribution in [0.3, 0.4) is 0 Å². The number of fused-ring (bicyclic) bond motifs is 1. The number of nitrogens with zero attached hydrogens (tertiary/aromatic N) is 2. The minimum absolute atomic E-state index is 0.0439. The maximum absolute atomic E-state index is 13.1. The summed E-state index contributed by atoms with van der Waals surface area (Å²) < 4.78 is 40.6. The van der Waals surface area contributed by atoms with E-state index in [4.69, 9.17) is 5.73 Å². The van der Waals surface area contributed by atoms with Gasteiger partial charge in [-0.15, -0.1) is 0 Å². The highest BCUT2D eigenvalue weighted by Gasteiger charge is 2.24. The van der Waals surface area contributed by atoms with Gasteiger partial charge in [0.1, 0.15) is 16.2 Å². The zero-order valence-electron chi connectivity index (χ0n) is 12.3. The van der Waals surface area contributed by atoms with Crippen LogP contribution in [0, 0.1) is 5.82 Å². The van der Waals surface area contributed by atoms with Gasteiger partial charge < -0.3 is 10.3 Å². The summed E-state index contributed by atoms with van der Waals surface area (Å²) in [7, 11) is -3.77. The molecule has 0 unspecified atom stereocenters. The number of pyridine rings is 1. The van der Waals surface area contributed by atoms with Gasteiger partial charge in [0.05, 0.1) is 10.4 Å². The molecule has 0 bridgehead atoms. The highest BCUT2D eigenvalue weighted by Crippen LogP contribution is 2.29. The quantitative estimate of drug-likeness (QED) is 0.727. The third-order valence-corrected chi connectivity index (χ3v) is 5.39. The zero-order valence-corrected chi connectivity index (χ0v) is 13.1. The van der Waals surface area contributed by atoms with E-state index in [2.05, 4.69) is 4.98 Å². The number of hydrogen-bond donors (Lipinski definition) is 1. The fraction of sp³-hybridized carbons (Fsp3) is 0.188. The van der Waals surface area contributed by atoms with E-state index in [-0.39, 0.29) is 9.79 Å². The molecule has 120 valence electrons. The minimum atomic E-state index is -3.77. The molecule has 1 aromatic carbocycles. The smallest absolute Gasteiger partial charge is 0.210 e. The van der Waals surface area contributed by atoms with Crippen LogP contribution in [0.1, 0.15) is 6.42 Å². The molecule has 2 aromatic heterocycles. The molecule has 3 rings (SSSR count). The third kappa shape index (κ3) is 2.85. The Morgan fingerprint density at radius 3 is 2.61 bits per heavy atom. The molecule has 0 aliphatic heterocycles. The summed E-state index contributed by atoms with van der Waals surface area (Å²) in [4.78, 5) is 4.38.